The predicted octanol–water partition coefficient (Wildman–Crippen LogP) is 6.97. The lowest BCUT2D eigenvalue weighted by Crippen LogP contribution is -3.00. The van der Waals surface area contributed by atoms with Crippen molar-refractivity contribution in [3.8, 4) is 0 Å². The maximum absolute atomic E-state index is 12.0. The SMILES string of the molecule is CCCCCCCCC(=O)O.CCCCCCCCCCCCC(=O)OCCCCCCCCCCOC(=O)C[N+](C)(C)CCOC(C)=O.[Cl-]. The number of nitrogens with zero attached hydrogens (tertiary/aromatic N) is 1. The summed E-state index contributed by atoms with van der Waals surface area (Å²) in [7, 11) is 3.85. The number of unbranched alkanes of at least 4 members (excludes halogenated alkanes) is 21. The minimum absolute atomic E-state index is 0. The van der Waals surface area contributed by atoms with Crippen LogP contribution in [-0.2, 0) is 33.4 Å². The van der Waals surface area contributed by atoms with Crippen molar-refractivity contribution < 1.29 is 55.4 Å². The van der Waals surface area contributed by atoms with Crippen molar-refractivity contribution in [3.63, 3.8) is 0 Å². The van der Waals surface area contributed by atoms with Crippen molar-refractivity contribution in [2.24, 2.45) is 0 Å². The van der Waals surface area contributed by atoms with Crippen LogP contribution in [0.3, 0.4) is 0 Å². The number of ether oxygens (including phenoxy) is 3. The zero-order valence-electron chi connectivity index (χ0n) is 33.1. The molecule has 0 aliphatic heterocycles. The number of likely N-dealkylation sites (N-methyl/N-ethyl adjacent to an activating group) is 1. The first-order valence-corrected chi connectivity index (χ1v) is 20.0. The molecule has 0 unspecified atom stereocenters. The molecule has 0 aliphatic carbocycles. The zero-order chi connectivity index (χ0) is 36.9. The Morgan fingerprint density at radius 1 is 0.480 bits per heavy atom. The van der Waals surface area contributed by atoms with Crippen LogP contribution in [0.1, 0.15) is 188 Å². The van der Waals surface area contributed by atoms with E-state index in [1.54, 1.807) is 0 Å². The normalized spacial score (nSPS) is 10.8. The maximum atomic E-state index is 12.0. The Morgan fingerprint density at radius 2 is 0.840 bits per heavy atom. The Balaban J connectivity index is -0.00000157. The highest BCUT2D eigenvalue weighted by molar-refractivity contribution is 5.70. The molecule has 0 aromatic heterocycles. The van der Waals surface area contributed by atoms with Gasteiger partial charge >= 0.3 is 23.9 Å². The van der Waals surface area contributed by atoms with E-state index in [2.05, 4.69) is 13.8 Å². The molecule has 9 nitrogen and oxygen atoms in total. The van der Waals surface area contributed by atoms with Gasteiger partial charge in [-0.2, -0.15) is 0 Å². The first-order valence-electron chi connectivity index (χ1n) is 20.0. The summed E-state index contributed by atoms with van der Waals surface area (Å²) in [6.45, 7) is 8.00. The van der Waals surface area contributed by atoms with Crippen molar-refractivity contribution in [2.75, 3.05) is 47.0 Å². The van der Waals surface area contributed by atoms with Gasteiger partial charge in [-0.25, -0.2) is 4.79 Å². The number of hydrogen-bond acceptors (Lipinski definition) is 7. The Bertz CT molecular complexity index is 793. The van der Waals surface area contributed by atoms with Gasteiger partial charge < -0.3 is 36.2 Å². The molecule has 0 aliphatic rings. The van der Waals surface area contributed by atoms with Gasteiger partial charge in [0, 0.05) is 19.8 Å². The van der Waals surface area contributed by atoms with Crippen LogP contribution in [0, 0.1) is 0 Å². The summed E-state index contributed by atoms with van der Waals surface area (Å²) in [6, 6.07) is 0. The number of quaternary nitrogens is 1. The fraction of sp³-hybridized carbons (Fsp3) is 0.900. The van der Waals surface area contributed by atoms with Gasteiger partial charge in [0.05, 0.1) is 27.3 Å². The number of rotatable bonds is 34. The van der Waals surface area contributed by atoms with Crippen LogP contribution in [-0.4, -0.2) is 80.5 Å². The van der Waals surface area contributed by atoms with Crippen LogP contribution in [0.5, 0.6) is 0 Å². The highest BCUT2D eigenvalue weighted by Gasteiger charge is 2.21. The van der Waals surface area contributed by atoms with Crippen LogP contribution >= 0.6 is 0 Å². The lowest BCUT2D eigenvalue weighted by molar-refractivity contribution is -0.883. The van der Waals surface area contributed by atoms with Crippen molar-refractivity contribution in [2.45, 2.75) is 188 Å². The summed E-state index contributed by atoms with van der Waals surface area (Å²) in [5.74, 6) is -1.21. The number of aliphatic carboxylic acids is 1. The fourth-order valence-electron chi connectivity index (χ4n) is 5.43. The van der Waals surface area contributed by atoms with Gasteiger partial charge in [0.2, 0.25) is 0 Å². The largest absolute Gasteiger partial charge is 1.00 e. The Morgan fingerprint density at radius 3 is 1.24 bits per heavy atom. The molecule has 0 fully saturated rings. The summed E-state index contributed by atoms with van der Waals surface area (Å²) in [4.78, 5) is 44.8. The average molecular weight is 737 g/mol. The van der Waals surface area contributed by atoms with E-state index in [0.29, 0.717) is 43.7 Å². The Labute approximate surface area is 313 Å². The molecule has 0 aromatic carbocycles. The molecule has 0 rings (SSSR count). The first-order chi connectivity index (χ1) is 23.5. The minimum Gasteiger partial charge on any atom is -1.00 e. The molecule has 0 saturated carbocycles. The molecular weight excluding hydrogens is 658 g/mol. The van der Waals surface area contributed by atoms with Crippen LogP contribution in [0.15, 0.2) is 0 Å². The predicted molar refractivity (Wildman–Crippen MR) is 199 cm³/mol. The van der Waals surface area contributed by atoms with E-state index < -0.39 is 5.97 Å². The van der Waals surface area contributed by atoms with E-state index >= 15 is 0 Å². The molecule has 1 N–H and O–H groups in total. The number of carboxylic acid groups (broad SMARTS) is 1. The lowest BCUT2D eigenvalue weighted by Gasteiger charge is -2.28. The summed E-state index contributed by atoms with van der Waals surface area (Å²) >= 11 is 0. The van der Waals surface area contributed by atoms with E-state index in [4.69, 9.17) is 19.3 Å². The molecule has 10 heteroatoms. The van der Waals surface area contributed by atoms with E-state index in [1.807, 2.05) is 14.1 Å². The fourth-order valence-corrected chi connectivity index (χ4v) is 5.43. The molecule has 0 bridgehead atoms. The van der Waals surface area contributed by atoms with Crippen molar-refractivity contribution >= 4 is 23.9 Å². The highest BCUT2D eigenvalue weighted by Crippen LogP contribution is 2.13. The standard InChI is InChI=1S/C31H60NO6.C9H18O2.ClH/c1-5-6-7-8-9-10-11-14-17-20-23-30(34)37-25-21-18-15-12-13-16-19-22-26-38-31(35)28-32(3,4)24-27-36-29(2)33;1-2-3-4-5-6-7-8-9(10)11;/h5-28H2,1-4H3;2-8H2,1H3,(H,10,11);1H/q+1;;/p-1. The van der Waals surface area contributed by atoms with Crippen LogP contribution in [0.2, 0.25) is 0 Å². The molecule has 0 atom stereocenters. The Hall–Kier alpha value is -1.87. The van der Waals surface area contributed by atoms with Crippen LogP contribution in [0.25, 0.3) is 0 Å². The molecule has 0 spiro atoms. The highest BCUT2D eigenvalue weighted by atomic mass is 35.5. The number of halogens is 1. The number of carboxylic acids is 1. The van der Waals surface area contributed by atoms with Gasteiger partial charge in [-0.15, -0.1) is 0 Å². The van der Waals surface area contributed by atoms with Gasteiger partial charge in [0.1, 0.15) is 13.2 Å². The topological polar surface area (TPSA) is 116 Å². The number of hydrogen-bond donors (Lipinski definition) is 1. The molecule has 50 heavy (non-hydrogen) atoms. The van der Waals surface area contributed by atoms with E-state index in [0.717, 1.165) is 57.8 Å². The van der Waals surface area contributed by atoms with Crippen LogP contribution in [0.4, 0.5) is 0 Å². The van der Waals surface area contributed by atoms with Gasteiger partial charge in [0.25, 0.3) is 0 Å². The Kier molecular flexibility index (Phi) is 41.9. The van der Waals surface area contributed by atoms with Crippen LogP contribution < -0.4 is 12.4 Å². The lowest BCUT2D eigenvalue weighted by atomic mass is 10.1. The van der Waals surface area contributed by atoms with Gasteiger partial charge in [-0.05, 0) is 25.7 Å². The third-order valence-electron chi connectivity index (χ3n) is 8.60. The second-order valence-corrected chi connectivity index (χ2v) is 14.3. The third kappa shape index (κ3) is 46.1. The van der Waals surface area contributed by atoms with Gasteiger partial charge in [-0.3, -0.25) is 14.4 Å². The molecule has 298 valence electrons. The van der Waals surface area contributed by atoms with Gasteiger partial charge in [-0.1, -0.05) is 142 Å². The molecule has 0 saturated heterocycles. The van der Waals surface area contributed by atoms with Crippen molar-refractivity contribution in [3.05, 3.63) is 0 Å². The second kappa shape index (κ2) is 39.9. The average Bonchev–Trinajstić information content (AvgIpc) is 3.03. The summed E-state index contributed by atoms with van der Waals surface area (Å²) in [5, 5.41) is 8.32. The molecule has 0 heterocycles. The van der Waals surface area contributed by atoms with E-state index in [1.165, 1.54) is 103 Å². The molecule has 0 amide bonds. The van der Waals surface area contributed by atoms with Crippen molar-refractivity contribution in [1.82, 2.24) is 0 Å². The smallest absolute Gasteiger partial charge is 0.361 e. The van der Waals surface area contributed by atoms with Crippen molar-refractivity contribution in [1.29, 1.82) is 0 Å². The number of esters is 3. The van der Waals surface area contributed by atoms with E-state index in [-0.39, 0.29) is 36.9 Å². The summed E-state index contributed by atoms with van der Waals surface area (Å²) in [5.41, 5.74) is 0. The van der Waals surface area contributed by atoms with Gasteiger partial charge in [0.15, 0.2) is 6.54 Å². The quantitative estimate of drug-likeness (QED) is 0.0326. The van der Waals surface area contributed by atoms with E-state index in [9.17, 15) is 19.2 Å². The monoisotopic (exact) mass is 736 g/mol. The summed E-state index contributed by atoms with van der Waals surface area (Å²) < 4.78 is 16.1. The maximum Gasteiger partial charge on any atom is 0.361 e. The molecule has 0 radical (unpaired) electrons. The number of carbonyl (C=O) groups excluding carboxylic acids is 3. The second-order valence-electron chi connectivity index (χ2n) is 14.3. The third-order valence-corrected chi connectivity index (χ3v) is 8.60. The zero-order valence-corrected chi connectivity index (χ0v) is 33.8. The minimum atomic E-state index is -0.666. The summed E-state index contributed by atoms with van der Waals surface area (Å²) in [6.07, 6.45) is 29.3. The molecular formula is C40H78ClNO8. The first kappa shape index (κ1) is 52.5. The molecule has 0 aromatic rings. The number of carbonyl (C=O) groups is 4.